The molecule has 0 aromatic carbocycles. The molecule has 1 fully saturated rings. The molecule has 1 amide bonds. The SMILES string of the molecule is Cc1ccnc(NC(=O)C2CN(c3cc(-n4nc(C)cc4C)ncn3)C2)c1. The zero-order valence-corrected chi connectivity index (χ0v) is 15.5. The van der Waals surface area contributed by atoms with Crippen molar-refractivity contribution in [2.45, 2.75) is 20.8 Å². The van der Waals surface area contributed by atoms with Gasteiger partial charge in [0, 0.05) is 31.0 Å². The molecule has 0 unspecified atom stereocenters. The van der Waals surface area contributed by atoms with Crippen LogP contribution in [0.2, 0.25) is 0 Å². The summed E-state index contributed by atoms with van der Waals surface area (Å²) in [7, 11) is 0. The Kier molecular flexibility index (Phi) is 4.31. The van der Waals surface area contributed by atoms with Crippen LogP contribution in [0.5, 0.6) is 0 Å². The summed E-state index contributed by atoms with van der Waals surface area (Å²) in [5.41, 5.74) is 3.02. The third-order valence-corrected chi connectivity index (χ3v) is 4.61. The van der Waals surface area contributed by atoms with Crippen LogP contribution in [0.1, 0.15) is 17.0 Å². The number of anilines is 2. The maximum Gasteiger partial charge on any atom is 0.232 e. The van der Waals surface area contributed by atoms with Crippen LogP contribution in [0, 0.1) is 26.7 Å². The molecule has 138 valence electrons. The third-order valence-electron chi connectivity index (χ3n) is 4.61. The summed E-state index contributed by atoms with van der Waals surface area (Å²) in [6.07, 6.45) is 3.23. The Morgan fingerprint density at radius 3 is 2.56 bits per heavy atom. The number of carbonyl (C=O) groups is 1. The van der Waals surface area contributed by atoms with Gasteiger partial charge in [0.2, 0.25) is 5.91 Å². The van der Waals surface area contributed by atoms with Crippen molar-refractivity contribution < 1.29 is 4.79 Å². The summed E-state index contributed by atoms with van der Waals surface area (Å²) in [6.45, 7) is 7.15. The van der Waals surface area contributed by atoms with Gasteiger partial charge in [0.25, 0.3) is 0 Å². The summed E-state index contributed by atoms with van der Waals surface area (Å²) in [5, 5.41) is 7.34. The molecule has 0 spiro atoms. The molecule has 3 aromatic rings. The second-order valence-corrected chi connectivity index (χ2v) is 6.88. The summed E-state index contributed by atoms with van der Waals surface area (Å²) >= 11 is 0. The molecule has 0 bridgehead atoms. The topological polar surface area (TPSA) is 88.8 Å². The van der Waals surface area contributed by atoms with Gasteiger partial charge >= 0.3 is 0 Å². The van der Waals surface area contributed by atoms with Crippen LogP contribution in [-0.2, 0) is 4.79 Å². The molecule has 1 N–H and O–H groups in total. The molecule has 8 heteroatoms. The lowest BCUT2D eigenvalue weighted by Crippen LogP contribution is -2.52. The number of amides is 1. The second-order valence-electron chi connectivity index (χ2n) is 6.88. The minimum atomic E-state index is -0.0839. The van der Waals surface area contributed by atoms with E-state index >= 15 is 0 Å². The highest BCUT2D eigenvalue weighted by Gasteiger charge is 2.34. The molecule has 3 aromatic heterocycles. The van der Waals surface area contributed by atoms with Crippen molar-refractivity contribution in [1.29, 1.82) is 0 Å². The van der Waals surface area contributed by atoms with E-state index in [1.54, 1.807) is 10.9 Å². The Balaban J connectivity index is 1.41. The van der Waals surface area contributed by atoms with Crippen LogP contribution in [0.3, 0.4) is 0 Å². The number of aromatic nitrogens is 5. The van der Waals surface area contributed by atoms with Crippen LogP contribution >= 0.6 is 0 Å². The summed E-state index contributed by atoms with van der Waals surface area (Å²) in [6, 6.07) is 7.66. The Hall–Kier alpha value is -3.29. The molecule has 1 aliphatic rings. The minimum absolute atomic E-state index is 0.0165. The third kappa shape index (κ3) is 3.51. The Morgan fingerprint density at radius 1 is 1.07 bits per heavy atom. The van der Waals surface area contributed by atoms with Crippen molar-refractivity contribution in [3.05, 3.63) is 53.7 Å². The van der Waals surface area contributed by atoms with Gasteiger partial charge in [-0.1, -0.05) is 0 Å². The van der Waals surface area contributed by atoms with Crippen LogP contribution in [0.4, 0.5) is 11.6 Å². The molecule has 0 saturated carbocycles. The standard InChI is InChI=1S/C19H21N7O/c1-12-4-5-20-16(6-12)23-19(27)15-9-25(10-15)17-8-18(22-11-21-17)26-14(3)7-13(2)24-26/h4-8,11,15H,9-10H2,1-3H3,(H,20,23,27). The first kappa shape index (κ1) is 17.1. The summed E-state index contributed by atoms with van der Waals surface area (Å²) in [5.74, 6) is 2.01. The Bertz CT molecular complexity index is 991. The van der Waals surface area contributed by atoms with E-state index in [0.29, 0.717) is 18.9 Å². The average Bonchev–Trinajstić information content (AvgIpc) is 2.92. The van der Waals surface area contributed by atoms with Gasteiger partial charge < -0.3 is 10.2 Å². The molecule has 0 radical (unpaired) electrons. The number of pyridine rings is 1. The van der Waals surface area contributed by atoms with Gasteiger partial charge in [-0.05, 0) is 44.5 Å². The molecule has 4 heterocycles. The van der Waals surface area contributed by atoms with Gasteiger partial charge in [0.1, 0.15) is 18.0 Å². The van der Waals surface area contributed by atoms with Crippen molar-refractivity contribution in [2.75, 3.05) is 23.3 Å². The Labute approximate surface area is 157 Å². The van der Waals surface area contributed by atoms with Gasteiger partial charge in [-0.2, -0.15) is 5.10 Å². The van der Waals surface area contributed by atoms with E-state index < -0.39 is 0 Å². The number of carbonyl (C=O) groups excluding carboxylic acids is 1. The lowest BCUT2D eigenvalue weighted by Gasteiger charge is -2.39. The first-order chi connectivity index (χ1) is 13.0. The highest BCUT2D eigenvalue weighted by molar-refractivity contribution is 5.93. The fourth-order valence-electron chi connectivity index (χ4n) is 3.15. The predicted octanol–water partition coefficient (Wildman–Crippen LogP) is 2.06. The van der Waals surface area contributed by atoms with Gasteiger partial charge in [0.05, 0.1) is 11.6 Å². The summed E-state index contributed by atoms with van der Waals surface area (Å²) in [4.78, 5) is 27.3. The summed E-state index contributed by atoms with van der Waals surface area (Å²) < 4.78 is 1.80. The molecular weight excluding hydrogens is 342 g/mol. The van der Waals surface area contributed by atoms with E-state index in [9.17, 15) is 4.79 Å². The lowest BCUT2D eigenvalue weighted by molar-refractivity contribution is -0.120. The lowest BCUT2D eigenvalue weighted by atomic mass is 9.99. The van der Waals surface area contributed by atoms with Gasteiger partial charge in [-0.25, -0.2) is 19.6 Å². The van der Waals surface area contributed by atoms with Gasteiger partial charge in [-0.3, -0.25) is 4.79 Å². The van der Waals surface area contributed by atoms with Crippen LogP contribution in [-0.4, -0.2) is 43.7 Å². The molecule has 4 rings (SSSR count). The van der Waals surface area contributed by atoms with Crippen LogP contribution < -0.4 is 10.2 Å². The highest BCUT2D eigenvalue weighted by atomic mass is 16.2. The maximum absolute atomic E-state index is 12.4. The van der Waals surface area contributed by atoms with Crippen LogP contribution in [0.25, 0.3) is 5.82 Å². The molecule has 1 saturated heterocycles. The molecule has 27 heavy (non-hydrogen) atoms. The van der Waals surface area contributed by atoms with Crippen molar-refractivity contribution in [3.8, 4) is 5.82 Å². The first-order valence-electron chi connectivity index (χ1n) is 8.84. The maximum atomic E-state index is 12.4. The molecule has 1 aliphatic heterocycles. The van der Waals surface area contributed by atoms with E-state index in [2.05, 4.69) is 30.3 Å². The van der Waals surface area contributed by atoms with E-state index in [-0.39, 0.29) is 11.8 Å². The van der Waals surface area contributed by atoms with Gasteiger partial charge in [0.15, 0.2) is 5.82 Å². The monoisotopic (exact) mass is 363 g/mol. The molecule has 8 nitrogen and oxygen atoms in total. The van der Waals surface area contributed by atoms with Crippen molar-refractivity contribution in [1.82, 2.24) is 24.7 Å². The second kappa shape index (κ2) is 6.79. The normalized spacial score (nSPS) is 14.1. The number of nitrogens with zero attached hydrogens (tertiary/aromatic N) is 6. The molecular formula is C19H21N7O. The molecule has 0 atom stereocenters. The fourth-order valence-corrected chi connectivity index (χ4v) is 3.15. The van der Waals surface area contributed by atoms with E-state index in [0.717, 1.165) is 28.6 Å². The number of aryl methyl sites for hydroxylation is 3. The quantitative estimate of drug-likeness (QED) is 0.763. The highest BCUT2D eigenvalue weighted by Crippen LogP contribution is 2.25. The average molecular weight is 363 g/mol. The van der Waals surface area contributed by atoms with Crippen molar-refractivity contribution in [3.63, 3.8) is 0 Å². The van der Waals surface area contributed by atoms with E-state index in [1.807, 2.05) is 45.0 Å². The van der Waals surface area contributed by atoms with Gasteiger partial charge in [-0.15, -0.1) is 0 Å². The number of hydrogen-bond acceptors (Lipinski definition) is 6. The minimum Gasteiger partial charge on any atom is -0.355 e. The number of rotatable bonds is 4. The zero-order valence-electron chi connectivity index (χ0n) is 15.5. The number of hydrogen-bond donors (Lipinski definition) is 1. The first-order valence-corrected chi connectivity index (χ1v) is 8.84. The van der Waals surface area contributed by atoms with Crippen molar-refractivity contribution >= 4 is 17.5 Å². The predicted molar refractivity (Wildman–Crippen MR) is 102 cm³/mol. The van der Waals surface area contributed by atoms with E-state index in [1.165, 1.54) is 6.33 Å². The number of nitrogens with one attached hydrogen (secondary N) is 1. The Morgan fingerprint density at radius 2 is 1.85 bits per heavy atom. The smallest absolute Gasteiger partial charge is 0.232 e. The van der Waals surface area contributed by atoms with Crippen molar-refractivity contribution in [2.24, 2.45) is 5.92 Å². The molecule has 0 aliphatic carbocycles. The largest absolute Gasteiger partial charge is 0.355 e. The zero-order chi connectivity index (χ0) is 19.0. The fraction of sp³-hybridized carbons (Fsp3) is 0.316. The van der Waals surface area contributed by atoms with Crippen LogP contribution in [0.15, 0.2) is 36.8 Å². The van der Waals surface area contributed by atoms with E-state index in [4.69, 9.17) is 0 Å².